The van der Waals surface area contributed by atoms with E-state index >= 15 is 0 Å². The number of nitro groups is 1. The third-order valence-electron chi connectivity index (χ3n) is 3.83. The largest absolute Gasteiger partial charge is 0.378 e. The molecule has 1 aliphatic heterocycles. The number of aryl methyl sites for hydroxylation is 2. The first kappa shape index (κ1) is 14.8. The first-order valence-electron chi connectivity index (χ1n) is 6.95. The van der Waals surface area contributed by atoms with Crippen molar-refractivity contribution in [2.75, 3.05) is 18.5 Å². The van der Waals surface area contributed by atoms with Crippen LogP contribution in [0, 0.1) is 28.9 Å². The molecule has 0 saturated carbocycles. The normalized spacial score (nSPS) is 22.4. The number of ether oxygens (including phenoxy) is 1. The summed E-state index contributed by atoms with van der Waals surface area (Å²) in [5, 5.41) is 18.4. The van der Waals surface area contributed by atoms with Gasteiger partial charge in [0.2, 0.25) is 5.82 Å². The summed E-state index contributed by atoms with van der Waals surface area (Å²) in [5.74, 6) is 1.30. The van der Waals surface area contributed by atoms with Crippen LogP contribution in [0.5, 0.6) is 0 Å². The number of aromatic nitrogens is 2. The minimum atomic E-state index is -0.379. The number of nitrogens with zero attached hydrogens (tertiary/aromatic N) is 3. The minimum absolute atomic E-state index is 0.0625. The number of hydrogen-bond acceptors (Lipinski definition) is 5. The van der Waals surface area contributed by atoms with E-state index in [-0.39, 0.29) is 16.7 Å². The predicted octanol–water partition coefficient (Wildman–Crippen LogP) is 2.11. The molecule has 0 unspecified atom stereocenters. The van der Waals surface area contributed by atoms with Gasteiger partial charge in [0, 0.05) is 26.1 Å². The first-order chi connectivity index (χ1) is 9.41. The summed E-state index contributed by atoms with van der Waals surface area (Å²) in [6.45, 7) is 7.36. The van der Waals surface area contributed by atoms with E-state index in [0.29, 0.717) is 29.9 Å². The Labute approximate surface area is 118 Å². The lowest BCUT2D eigenvalue weighted by Crippen LogP contribution is -2.28. The van der Waals surface area contributed by atoms with E-state index < -0.39 is 0 Å². The summed E-state index contributed by atoms with van der Waals surface area (Å²) in [6, 6.07) is 0. The van der Waals surface area contributed by atoms with Crippen LogP contribution in [0.25, 0.3) is 0 Å². The highest BCUT2D eigenvalue weighted by Crippen LogP contribution is 2.30. The van der Waals surface area contributed by atoms with Gasteiger partial charge in [-0.3, -0.25) is 10.1 Å². The second-order valence-electron chi connectivity index (χ2n) is 5.67. The molecule has 1 N–H and O–H groups in total. The molecular formula is C13H22N4O3. The Kier molecular flexibility index (Phi) is 4.27. The molecule has 1 aromatic rings. The zero-order valence-corrected chi connectivity index (χ0v) is 12.4. The summed E-state index contributed by atoms with van der Waals surface area (Å²) < 4.78 is 7.27. The Bertz CT molecular complexity index is 498. The van der Waals surface area contributed by atoms with Crippen LogP contribution >= 0.6 is 0 Å². The Balaban J connectivity index is 2.09. The summed E-state index contributed by atoms with van der Waals surface area (Å²) in [4.78, 5) is 10.7. The average Bonchev–Trinajstić information content (AvgIpc) is 2.90. The first-order valence-corrected chi connectivity index (χ1v) is 6.95. The van der Waals surface area contributed by atoms with Gasteiger partial charge in [-0.1, -0.05) is 13.8 Å². The fourth-order valence-electron chi connectivity index (χ4n) is 2.90. The Morgan fingerprint density at radius 3 is 2.90 bits per heavy atom. The van der Waals surface area contributed by atoms with Crippen LogP contribution in [0.2, 0.25) is 0 Å². The summed E-state index contributed by atoms with van der Waals surface area (Å²) >= 11 is 0. The van der Waals surface area contributed by atoms with Crippen molar-refractivity contribution in [1.82, 2.24) is 9.78 Å². The third-order valence-corrected chi connectivity index (χ3v) is 3.83. The van der Waals surface area contributed by atoms with Gasteiger partial charge in [-0.25, -0.2) is 4.68 Å². The molecule has 20 heavy (non-hydrogen) atoms. The molecule has 2 rings (SSSR count). The van der Waals surface area contributed by atoms with Gasteiger partial charge in [-0.2, -0.15) is 5.10 Å². The highest BCUT2D eigenvalue weighted by molar-refractivity contribution is 5.59. The molecule has 0 radical (unpaired) electrons. The van der Waals surface area contributed by atoms with E-state index in [1.807, 2.05) is 0 Å². The molecule has 0 aliphatic carbocycles. The van der Waals surface area contributed by atoms with Crippen LogP contribution in [0.1, 0.15) is 26.0 Å². The molecule has 1 aliphatic rings. The standard InChI is InChI=1S/C13H22N4O3/c1-8(2)12-10(5-6-20-12)7-14-13-11(17(18)19)9(3)15-16(13)4/h8,10,12,14H,5-7H2,1-4H3/t10-,12-/m1/s1. The maximum Gasteiger partial charge on any atom is 0.333 e. The summed E-state index contributed by atoms with van der Waals surface area (Å²) in [6.07, 6.45) is 1.20. The van der Waals surface area contributed by atoms with Crippen LogP contribution in [0.3, 0.4) is 0 Å². The van der Waals surface area contributed by atoms with Crippen LogP contribution in [-0.4, -0.2) is 34.0 Å². The van der Waals surface area contributed by atoms with E-state index in [4.69, 9.17) is 4.74 Å². The maximum absolute atomic E-state index is 11.1. The average molecular weight is 282 g/mol. The number of nitrogens with one attached hydrogen (secondary N) is 1. The molecule has 112 valence electrons. The summed E-state index contributed by atoms with van der Waals surface area (Å²) in [5.41, 5.74) is 0.496. The SMILES string of the molecule is Cc1nn(C)c(NC[C@H]2CCO[C@@H]2C(C)C)c1[N+](=O)[O-]. The molecule has 0 amide bonds. The van der Waals surface area contributed by atoms with E-state index in [0.717, 1.165) is 13.0 Å². The van der Waals surface area contributed by atoms with Gasteiger partial charge in [0.05, 0.1) is 11.0 Å². The number of anilines is 1. The van der Waals surface area contributed by atoms with E-state index in [9.17, 15) is 10.1 Å². The van der Waals surface area contributed by atoms with Crippen molar-refractivity contribution < 1.29 is 9.66 Å². The van der Waals surface area contributed by atoms with Gasteiger partial charge < -0.3 is 10.1 Å². The molecule has 1 aromatic heterocycles. The van der Waals surface area contributed by atoms with Crippen molar-refractivity contribution in [3.05, 3.63) is 15.8 Å². The lowest BCUT2D eigenvalue weighted by atomic mass is 9.93. The van der Waals surface area contributed by atoms with Crippen molar-refractivity contribution in [2.24, 2.45) is 18.9 Å². The van der Waals surface area contributed by atoms with Gasteiger partial charge in [0.25, 0.3) is 0 Å². The lowest BCUT2D eigenvalue weighted by Gasteiger charge is -2.22. The van der Waals surface area contributed by atoms with Crippen LogP contribution < -0.4 is 5.32 Å². The molecule has 1 saturated heterocycles. The van der Waals surface area contributed by atoms with E-state index in [2.05, 4.69) is 24.3 Å². The highest BCUT2D eigenvalue weighted by atomic mass is 16.6. The Hall–Kier alpha value is -1.63. The van der Waals surface area contributed by atoms with Crippen molar-refractivity contribution in [3.8, 4) is 0 Å². The second-order valence-corrected chi connectivity index (χ2v) is 5.67. The van der Waals surface area contributed by atoms with E-state index in [1.54, 1.807) is 14.0 Å². The fraction of sp³-hybridized carbons (Fsp3) is 0.769. The van der Waals surface area contributed by atoms with Crippen molar-refractivity contribution in [1.29, 1.82) is 0 Å². The number of rotatable bonds is 5. The van der Waals surface area contributed by atoms with Gasteiger partial charge in [0.15, 0.2) is 0 Å². The van der Waals surface area contributed by atoms with Crippen molar-refractivity contribution >= 4 is 11.5 Å². The molecule has 7 heteroatoms. The van der Waals surface area contributed by atoms with Gasteiger partial charge >= 0.3 is 5.69 Å². The summed E-state index contributed by atoms with van der Waals surface area (Å²) in [7, 11) is 1.72. The third kappa shape index (κ3) is 2.77. The van der Waals surface area contributed by atoms with Gasteiger partial charge in [-0.05, 0) is 19.3 Å². The molecule has 0 aromatic carbocycles. The van der Waals surface area contributed by atoms with Crippen molar-refractivity contribution in [2.45, 2.75) is 33.3 Å². The van der Waals surface area contributed by atoms with Crippen molar-refractivity contribution in [3.63, 3.8) is 0 Å². The van der Waals surface area contributed by atoms with Crippen LogP contribution in [0.15, 0.2) is 0 Å². The zero-order chi connectivity index (χ0) is 14.9. The molecule has 7 nitrogen and oxygen atoms in total. The maximum atomic E-state index is 11.1. The lowest BCUT2D eigenvalue weighted by molar-refractivity contribution is -0.384. The van der Waals surface area contributed by atoms with Gasteiger partial charge in [-0.15, -0.1) is 0 Å². The monoisotopic (exact) mass is 282 g/mol. The van der Waals surface area contributed by atoms with Crippen LogP contribution in [-0.2, 0) is 11.8 Å². The second kappa shape index (κ2) is 5.78. The predicted molar refractivity (Wildman–Crippen MR) is 75.8 cm³/mol. The zero-order valence-electron chi connectivity index (χ0n) is 12.4. The molecule has 1 fully saturated rings. The molecule has 2 heterocycles. The quantitative estimate of drug-likeness (QED) is 0.660. The Morgan fingerprint density at radius 1 is 1.60 bits per heavy atom. The molecular weight excluding hydrogens is 260 g/mol. The minimum Gasteiger partial charge on any atom is -0.378 e. The molecule has 0 spiro atoms. The fourth-order valence-corrected chi connectivity index (χ4v) is 2.90. The van der Waals surface area contributed by atoms with E-state index in [1.165, 1.54) is 4.68 Å². The Morgan fingerprint density at radius 2 is 2.30 bits per heavy atom. The van der Waals surface area contributed by atoms with Crippen LogP contribution in [0.4, 0.5) is 11.5 Å². The topological polar surface area (TPSA) is 82.2 Å². The van der Waals surface area contributed by atoms with Gasteiger partial charge in [0.1, 0.15) is 5.69 Å². The smallest absolute Gasteiger partial charge is 0.333 e. The molecule has 0 bridgehead atoms. The highest BCUT2D eigenvalue weighted by Gasteiger charge is 2.32. The number of hydrogen-bond donors (Lipinski definition) is 1. The molecule has 2 atom stereocenters.